The lowest BCUT2D eigenvalue weighted by molar-refractivity contribution is -0.122. The highest BCUT2D eigenvalue weighted by atomic mass is 16.2. The number of rotatable bonds is 4. The van der Waals surface area contributed by atoms with E-state index in [1.165, 1.54) is 0 Å². The predicted octanol–water partition coefficient (Wildman–Crippen LogP) is 4.73. The van der Waals surface area contributed by atoms with Crippen molar-refractivity contribution in [3.8, 4) is 0 Å². The van der Waals surface area contributed by atoms with Gasteiger partial charge in [-0.05, 0) is 48.9 Å². The first kappa shape index (κ1) is 19.2. The average Bonchev–Trinajstić information content (AvgIpc) is 2.99. The van der Waals surface area contributed by atoms with Crippen LogP contribution in [0.25, 0.3) is 0 Å². The molecule has 2 aromatic rings. The Balaban J connectivity index is 1.83. The summed E-state index contributed by atoms with van der Waals surface area (Å²) in [6, 6.07) is 12.1. The summed E-state index contributed by atoms with van der Waals surface area (Å²) in [5.41, 5.74) is 6.12. The number of carbonyl (C=O) groups is 2. The van der Waals surface area contributed by atoms with Gasteiger partial charge in [0.25, 0.3) is 0 Å². The number of amides is 2. The molecule has 2 aromatic carbocycles. The molecule has 142 valence electrons. The quantitative estimate of drug-likeness (QED) is 0.853. The van der Waals surface area contributed by atoms with E-state index in [2.05, 4.69) is 25.2 Å². The van der Waals surface area contributed by atoms with Crippen molar-refractivity contribution in [2.75, 3.05) is 16.8 Å². The minimum atomic E-state index is -0.337. The van der Waals surface area contributed by atoms with Gasteiger partial charge in [0, 0.05) is 24.3 Å². The zero-order valence-corrected chi connectivity index (χ0v) is 16.8. The van der Waals surface area contributed by atoms with Crippen LogP contribution < -0.4 is 10.2 Å². The van der Waals surface area contributed by atoms with Gasteiger partial charge < -0.3 is 10.2 Å². The van der Waals surface area contributed by atoms with Crippen LogP contribution in [-0.2, 0) is 9.59 Å². The molecule has 0 saturated carbocycles. The molecule has 1 unspecified atom stereocenters. The second kappa shape index (κ2) is 7.55. The summed E-state index contributed by atoms with van der Waals surface area (Å²) >= 11 is 0. The van der Waals surface area contributed by atoms with Gasteiger partial charge >= 0.3 is 0 Å². The fourth-order valence-electron chi connectivity index (χ4n) is 3.85. The summed E-state index contributed by atoms with van der Waals surface area (Å²) in [5, 5.41) is 3.05. The predicted molar refractivity (Wildman–Crippen MR) is 110 cm³/mol. The minimum absolute atomic E-state index is 0.0212. The van der Waals surface area contributed by atoms with E-state index in [4.69, 9.17) is 0 Å². The van der Waals surface area contributed by atoms with Crippen LogP contribution >= 0.6 is 0 Å². The molecule has 27 heavy (non-hydrogen) atoms. The van der Waals surface area contributed by atoms with Crippen LogP contribution in [-0.4, -0.2) is 18.4 Å². The Hall–Kier alpha value is -2.62. The van der Waals surface area contributed by atoms with Crippen molar-refractivity contribution in [1.82, 2.24) is 0 Å². The molecule has 1 aliphatic rings. The Labute approximate surface area is 161 Å². The summed E-state index contributed by atoms with van der Waals surface area (Å²) in [4.78, 5) is 27.4. The lowest BCUT2D eigenvalue weighted by atomic mass is 9.97. The van der Waals surface area contributed by atoms with Gasteiger partial charge in [0.1, 0.15) is 0 Å². The Morgan fingerprint density at radius 1 is 1.04 bits per heavy atom. The molecule has 0 aliphatic carbocycles. The maximum absolute atomic E-state index is 12.9. The number of carbonyl (C=O) groups excluding carboxylic acids is 2. The van der Waals surface area contributed by atoms with Crippen molar-refractivity contribution in [3.63, 3.8) is 0 Å². The number of aryl methyl sites for hydroxylation is 3. The lowest BCUT2D eigenvalue weighted by Crippen LogP contribution is -2.29. The molecule has 0 bridgehead atoms. The van der Waals surface area contributed by atoms with Gasteiger partial charge in [0.15, 0.2) is 0 Å². The normalized spacial score (nSPS) is 16.9. The van der Waals surface area contributed by atoms with Crippen molar-refractivity contribution in [2.45, 2.75) is 47.0 Å². The van der Waals surface area contributed by atoms with Crippen molar-refractivity contribution < 1.29 is 9.59 Å². The highest BCUT2D eigenvalue weighted by Crippen LogP contribution is 2.35. The maximum Gasteiger partial charge on any atom is 0.229 e. The van der Waals surface area contributed by atoms with Gasteiger partial charge in [-0.1, -0.05) is 50.2 Å². The summed E-state index contributed by atoms with van der Waals surface area (Å²) in [7, 11) is 0. The molecule has 1 aliphatic heterocycles. The summed E-state index contributed by atoms with van der Waals surface area (Å²) < 4.78 is 0. The largest absolute Gasteiger partial charge is 0.325 e. The molecule has 1 atom stereocenters. The second-order valence-corrected chi connectivity index (χ2v) is 7.83. The number of nitrogens with zero attached hydrogens (tertiary/aromatic N) is 1. The van der Waals surface area contributed by atoms with Crippen LogP contribution in [0.2, 0.25) is 0 Å². The van der Waals surface area contributed by atoms with E-state index in [0.29, 0.717) is 12.5 Å². The van der Waals surface area contributed by atoms with E-state index in [9.17, 15) is 9.59 Å². The van der Waals surface area contributed by atoms with E-state index in [-0.39, 0.29) is 24.2 Å². The molecule has 4 nitrogen and oxygen atoms in total. The first-order valence-electron chi connectivity index (χ1n) is 9.56. The number of hydrogen-bond acceptors (Lipinski definition) is 2. The van der Waals surface area contributed by atoms with Gasteiger partial charge in [-0.3, -0.25) is 9.59 Å². The van der Waals surface area contributed by atoms with E-state index >= 15 is 0 Å². The monoisotopic (exact) mass is 364 g/mol. The Morgan fingerprint density at radius 3 is 2.26 bits per heavy atom. The highest BCUT2D eigenvalue weighted by molar-refractivity contribution is 6.04. The first-order valence-corrected chi connectivity index (χ1v) is 9.56. The molecule has 1 saturated heterocycles. The number of benzene rings is 2. The van der Waals surface area contributed by atoms with Crippen LogP contribution in [0.4, 0.5) is 11.4 Å². The Bertz CT molecular complexity index is 866. The van der Waals surface area contributed by atoms with E-state index in [0.717, 1.165) is 33.6 Å². The van der Waals surface area contributed by atoms with Crippen LogP contribution in [0.5, 0.6) is 0 Å². The van der Waals surface area contributed by atoms with Gasteiger partial charge in [0.2, 0.25) is 11.8 Å². The van der Waals surface area contributed by atoms with Gasteiger partial charge in [-0.25, -0.2) is 0 Å². The molecule has 4 heteroatoms. The second-order valence-electron chi connectivity index (χ2n) is 7.83. The molecule has 0 radical (unpaired) electrons. The Kier molecular flexibility index (Phi) is 5.36. The topological polar surface area (TPSA) is 49.4 Å². The fraction of sp³-hybridized carbons (Fsp3) is 0.391. The summed E-state index contributed by atoms with van der Waals surface area (Å²) in [6.07, 6.45) is 0.253. The SMILES string of the molecule is Cc1cccc(C)c1NC(=O)C1CC(=O)N(c2c(C)cccc2C(C)C)C1. The van der Waals surface area contributed by atoms with Crippen molar-refractivity contribution in [1.29, 1.82) is 0 Å². The van der Waals surface area contributed by atoms with Crippen LogP contribution in [0.1, 0.15) is 48.4 Å². The lowest BCUT2D eigenvalue weighted by Gasteiger charge is -2.24. The molecule has 1 heterocycles. The molecule has 0 spiro atoms. The Morgan fingerprint density at radius 2 is 1.63 bits per heavy atom. The molecule has 3 rings (SSSR count). The number of para-hydroxylation sites is 2. The van der Waals surface area contributed by atoms with Crippen molar-refractivity contribution in [2.24, 2.45) is 5.92 Å². The number of nitrogens with one attached hydrogen (secondary N) is 1. The van der Waals surface area contributed by atoms with E-state index in [1.54, 1.807) is 4.90 Å². The minimum Gasteiger partial charge on any atom is -0.325 e. The van der Waals surface area contributed by atoms with Crippen LogP contribution in [0.3, 0.4) is 0 Å². The van der Waals surface area contributed by atoms with E-state index in [1.807, 2.05) is 51.1 Å². The van der Waals surface area contributed by atoms with Crippen molar-refractivity contribution >= 4 is 23.2 Å². The smallest absolute Gasteiger partial charge is 0.229 e. The molecular weight excluding hydrogens is 336 g/mol. The van der Waals surface area contributed by atoms with Gasteiger partial charge in [-0.15, -0.1) is 0 Å². The van der Waals surface area contributed by atoms with Crippen molar-refractivity contribution in [3.05, 3.63) is 58.7 Å². The molecular formula is C23H28N2O2. The average molecular weight is 364 g/mol. The molecule has 2 amide bonds. The van der Waals surface area contributed by atoms with Gasteiger partial charge in [-0.2, -0.15) is 0 Å². The maximum atomic E-state index is 12.9. The molecule has 1 fully saturated rings. The summed E-state index contributed by atoms with van der Waals surface area (Å²) in [6.45, 7) is 10.7. The third-order valence-electron chi connectivity index (χ3n) is 5.39. The summed E-state index contributed by atoms with van der Waals surface area (Å²) in [5.74, 6) is -0.0814. The van der Waals surface area contributed by atoms with Gasteiger partial charge in [0.05, 0.1) is 5.92 Å². The highest BCUT2D eigenvalue weighted by Gasteiger charge is 2.37. The molecule has 0 aromatic heterocycles. The zero-order chi connectivity index (χ0) is 19.7. The van der Waals surface area contributed by atoms with Crippen LogP contribution in [0.15, 0.2) is 36.4 Å². The van der Waals surface area contributed by atoms with Crippen LogP contribution in [0, 0.1) is 26.7 Å². The first-order chi connectivity index (χ1) is 12.8. The standard InChI is InChI=1S/C23H28N2O2/c1-14(2)19-11-7-10-17(5)22(19)25-13-18(12-20(25)26)23(27)24-21-15(3)8-6-9-16(21)4/h6-11,14,18H,12-13H2,1-5H3,(H,24,27). The van der Waals surface area contributed by atoms with E-state index < -0.39 is 0 Å². The number of hydrogen-bond donors (Lipinski definition) is 1. The molecule has 1 N–H and O–H groups in total. The third-order valence-corrected chi connectivity index (χ3v) is 5.39. The zero-order valence-electron chi connectivity index (χ0n) is 16.8. The third kappa shape index (κ3) is 3.75. The fourth-order valence-corrected chi connectivity index (χ4v) is 3.85. The number of anilines is 2.